The minimum absolute atomic E-state index is 0.140. The minimum Gasteiger partial charge on any atom is -0.328 e. The lowest BCUT2D eigenvalue weighted by atomic mass is 9.92. The second-order valence-electron chi connectivity index (χ2n) is 3.72. The number of halogens is 1. The molecule has 68 valence electrons. The summed E-state index contributed by atoms with van der Waals surface area (Å²) >= 11 is 0. The molecule has 0 bridgehead atoms. The van der Waals surface area contributed by atoms with Crippen LogP contribution >= 0.6 is 0 Å². The van der Waals surface area contributed by atoms with Crippen molar-refractivity contribution in [1.82, 2.24) is 0 Å². The fourth-order valence-electron chi connectivity index (χ4n) is 1.40. The van der Waals surface area contributed by atoms with Crippen molar-refractivity contribution in [2.75, 3.05) is 6.54 Å². The van der Waals surface area contributed by atoms with Crippen LogP contribution in [0.3, 0.4) is 0 Å². The molecule has 0 aliphatic rings. The summed E-state index contributed by atoms with van der Waals surface area (Å²) in [5, 5.41) is 0. The van der Waals surface area contributed by atoms with E-state index in [9.17, 15) is 4.39 Å². The molecule has 0 spiro atoms. The molecule has 0 radical (unpaired) electrons. The van der Waals surface area contributed by atoms with E-state index in [-0.39, 0.29) is 6.54 Å². The third-order valence-electron chi connectivity index (χ3n) is 1.98. The van der Waals surface area contributed by atoms with E-state index in [0.717, 1.165) is 12.8 Å². The predicted octanol–water partition coefficient (Wildman–Crippen LogP) is 2.50. The first-order valence-electron chi connectivity index (χ1n) is 4.41. The monoisotopic (exact) mass is 161 g/mol. The molecule has 11 heavy (non-hydrogen) atoms. The smallest absolute Gasteiger partial charge is 0.120 e. The standard InChI is InChI=1S/C9H20FN/c1-4-5-8(2)6-9(3,10)7-11/h8H,4-7,11H2,1-3H3. The van der Waals surface area contributed by atoms with Crippen molar-refractivity contribution in [2.45, 2.75) is 45.7 Å². The summed E-state index contributed by atoms with van der Waals surface area (Å²) in [6.45, 7) is 5.92. The zero-order valence-corrected chi connectivity index (χ0v) is 7.86. The third-order valence-corrected chi connectivity index (χ3v) is 1.98. The lowest BCUT2D eigenvalue weighted by molar-refractivity contribution is 0.156. The van der Waals surface area contributed by atoms with E-state index < -0.39 is 5.67 Å². The molecule has 0 saturated heterocycles. The van der Waals surface area contributed by atoms with Crippen LogP contribution in [-0.2, 0) is 0 Å². The van der Waals surface area contributed by atoms with E-state index in [4.69, 9.17) is 5.73 Å². The summed E-state index contributed by atoms with van der Waals surface area (Å²) in [5.41, 5.74) is 4.12. The SMILES string of the molecule is CCCC(C)CC(C)(F)CN. The molecule has 1 nitrogen and oxygen atoms in total. The molecule has 2 atom stereocenters. The quantitative estimate of drug-likeness (QED) is 0.658. The zero-order chi connectivity index (χ0) is 8.91. The highest BCUT2D eigenvalue weighted by atomic mass is 19.1. The number of rotatable bonds is 5. The average Bonchev–Trinajstić information content (AvgIpc) is 1.87. The largest absolute Gasteiger partial charge is 0.328 e. The van der Waals surface area contributed by atoms with Crippen molar-refractivity contribution in [3.8, 4) is 0 Å². The van der Waals surface area contributed by atoms with Crippen LogP contribution in [0.2, 0.25) is 0 Å². The summed E-state index contributed by atoms with van der Waals surface area (Å²) in [5.74, 6) is 0.457. The Bertz CT molecular complexity index is 102. The van der Waals surface area contributed by atoms with Gasteiger partial charge in [0, 0.05) is 6.54 Å². The first-order chi connectivity index (χ1) is 5.02. The lowest BCUT2D eigenvalue weighted by Gasteiger charge is -2.21. The van der Waals surface area contributed by atoms with Crippen LogP contribution < -0.4 is 5.73 Å². The number of nitrogens with two attached hydrogens (primary N) is 1. The van der Waals surface area contributed by atoms with Crippen LogP contribution in [0.15, 0.2) is 0 Å². The Balaban J connectivity index is 3.64. The first-order valence-corrected chi connectivity index (χ1v) is 4.41. The predicted molar refractivity (Wildman–Crippen MR) is 47.3 cm³/mol. The van der Waals surface area contributed by atoms with Crippen molar-refractivity contribution in [1.29, 1.82) is 0 Å². The molecule has 0 aliphatic heterocycles. The molecule has 0 aromatic carbocycles. The molecule has 0 rings (SSSR count). The van der Waals surface area contributed by atoms with Crippen molar-refractivity contribution in [3.63, 3.8) is 0 Å². The molecule has 0 aromatic rings. The van der Waals surface area contributed by atoms with Gasteiger partial charge in [-0.2, -0.15) is 0 Å². The second kappa shape index (κ2) is 4.70. The maximum Gasteiger partial charge on any atom is 0.120 e. The molecule has 2 N–H and O–H groups in total. The molecule has 2 unspecified atom stereocenters. The Morgan fingerprint density at radius 1 is 1.55 bits per heavy atom. The van der Waals surface area contributed by atoms with Crippen molar-refractivity contribution >= 4 is 0 Å². The number of hydrogen-bond acceptors (Lipinski definition) is 1. The van der Waals surface area contributed by atoms with Gasteiger partial charge in [-0.15, -0.1) is 0 Å². The number of alkyl halides is 1. The summed E-state index contributed by atoms with van der Waals surface area (Å²) in [7, 11) is 0. The zero-order valence-electron chi connectivity index (χ0n) is 7.86. The Morgan fingerprint density at radius 2 is 2.09 bits per heavy atom. The van der Waals surface area contributed by atoms with Crippen LogP contribution in [0.4, 0.5) is 4.39 Å². The molecule has 0 amide bonds. The van der Waals surface area contributed by atoms with E-state index in [1.54, 1.807) is 6.92 Å². The maximum absolute atomic E-state index is 13.3. The van der Waals surface area contributed by atoms with Gasteiger partial charge in [-0.1, -0.05) is 26.7 Å². The molecule has 0 heterocycles. The minimum atomic E-state index is -1.16. The topological polar surface area (TPSA) is 26.0 Å². The van der Waals surface area contributed by atoms with Gasteiger partial charge in [-0.25, -0.2) is 4.39 Å². The van der Waals surface area contributed by atoms with Crippen LogP contribution in [0.25, 0.3) is 0 Å². The average molecular weight is 161 g/mol. The van der Waals surface area contributed by atoms with Crippen molar-refractivity contribution in [2.24, 2.45) is 11.7 Å². The van der Waals surface area contributed by atoms with Gasteiger partial charge < -0.3 is 5.73 Å². The summed E-state index contributed by atoms with van der Waals surface area (Å²) < 4.78 is 13.3. The van der Waals surface area contributed by atoms with Gasteiger partial charge in [0.15, 0.2) is 0 Å². The highest BCUT2D eigenvalue weighted by Gasteiger charge is 2.23. The summed E-state index contributed by atoms with van der Waals surface area (Å²) in [6.07, 6.45) is 2.82. The van der Waals surface area contributed by atoms with Crippen molar-refractivity contribution < 1.29 is 4.39 Å². The van der Waals surface area contributed by atoms with Crippen LogP contribution in [0.1, 0.15) is 40.0 Å². The maximum atomic E-state index is 13.3. The summed E-state index contributed by atoms with van der Waals surface area (Å²) in [6, 6.07) is 0. The van der Waals surface area contributed by atoms with Crippen LogP contribution in [0.5, 0.6) is 0 Å². The lowest BCUT2D eigenvalue weighted by Crippen LogP contribution is -2.31. The third kappa shape index (κ3) is 5.19. The Kier molecular flexibility index (Phi) is 4.66. The second-order valence-corrected chi connectivity index (χ2v) is 3.72. The van der Waals surface area contributed by atoms with Crippen LogP contribution in [0, 0.1) is 5.92 Å². The fraction of sp³-hybridized carbons (Fsp3) is 1.00. The van der Waals surface area contributed by atoms with Gasteiger partial charge in [-0.3, -0.25) is 0 Å². The van der Waals surface area contributed by atoms with Crippen LogP contribution in [-0.4, -0.2) is 12.2 Å². The molecular formula is C9H20FN. The highest BCUT2D eigenvalue weighted by Crippen LogP contribution is 2.22. The Morgan fingerprint density at radius 3 is 2.45 bits per heavy atom. The normalized spacial score (nSPS) is 19.4. The van der Waals surface area contributed by atoms with E-state index in [0.29, 0.717) is 12.3 Å². The number of hydrogen-bond donors (Lipinski definition) is 1. The van der Waals surface area contributed by atoms with E-state index in [1.807, 2.05) is 0 Å². The first kappa shape index (κ1) is 10.9. The fourth-order valence-corrected chi connectivity index (χ4v) is 1.40. The van der Waals surface area contributed by atoms with Gasteiger partial charge in [0.25, 0.3) is 0 Å². The Hall–Kier alpha value is -0.110. The van der Waals surface area contributed by atoms with Gasteiger partial charge in [0.2, 0.25) is 0 Å². The Labute approximate surface area is 69.2 Å². The van der Waals surface area contributed by atoms with Gasteiger partial charge in [-0.05, 0) is 19.3 Å². The summed E-state index contributed by atoms with van der Waals surface area (Å²) in [4.78, 5) is 0. The molecular weight excluding hydrogens is 141 g/mol. The molecule has 0 aliphatic carbocycles. The van der Waals surface area contributed by atoms with Gasteiger partial charge in [0.05, 0.1) is 0 Å². The highest BCUT2D eigenvalue weighted by molar-refractivity contribution is 4.76. The van der Waals surface area contributed by atoms with Crippen molar-refractivity contribution in [3.05, 3.63) is 0 Å². The molecule has 0 saturated carbocycles. The van der Waals surface area contributed by atoms with E-state index in [2.05, 4.69) is 13.8 Å². The molecule has 0 fully saturated rings. The molecule has 0 aromatic heterocycles. The van der Waals surface area contributed by atoms with E-state index >= 15 is 0 Å². The van der Waals surface area contributed by atoms with Gasteiger partial charge >= 0.3 is 0 Å². The van der Waals surface area contributed by atoms with Gasteiger partial charge in [0.1, 0.15) is 5.67 Å². The molecule has 2 heteroatoms. The van der Waals surface area contributed by atoms with E-state index in [1.165, 1.54) is 0 Å².